The summed E-state index contributed by atoms with van der Waals surface area (Å²) in [6.07, 6.45) is 0.0313. The Bertz CT molecular complexity index is 2280. The highest BCUT2D eigenvalue weighted by atomic mass is 16.3. The Hall–Kier alpha value is -6.89. The zero-order chi connectivity index (χ0) is 62.9. The van der Waals surface area contributed by atoms with Crippen molar-refractivity contribution >= 4 is 65.0 Å². The van der Waals surface area contributed by atoms with E-state index < -0.39 is 151 Å². The number of nitrogens with one attached hydrogen (secondary N) is 11. The Morgan fingerprint density at radius 1 is 0.560 bits per heavy atom. The van der Waals surface area contributed by atoms with E-state index in [-0.39, 0.29) is 90.0 Å². The van der Waals surface area contributed by atoms with Crippen molar-refractivity contribution < 1.29 is 63.0 Å². The van der Waals surface area contributed by atoms with Crippen molar-refractivity contribution in [3.05, 3.63) is 35.9 Å². The standard InChI is InChI=1S/C55H96N16O13/c1-6-7-8-9-13-16-43(74)62-35(17-23-56)50(79)71-45(33(5)73)55(84)67-38(20-26-59)47(76)66-40-22-28-61-54(83)44(32(4)72)70-51(80)39(21-27-60)64-46(75)36(18-24-57)65-52(81)41(29-31(2)3)68-53(82)42(30-34-14-11-10-12-15-34)69-48(77)37(19-25-58)63-49(40)78/h10-12,14-15,31-33,35-42,44-45,72-73H,6-9,13,16-30,56-60H2,1-5H3,(H,61,83)(H,62,74)(H,63,78)(H,64,75)(H,65,81)(H,66,76)(H,67,84)(H,68,82)(H,69,77)(H,70,80)(H,71,79)/t32-,33-,35+,36+,37+,38+,39+,40+,41+,42-,44-,45+/m1/s1. The topological polar surface area (TPSA) is 491 Å². The first-order valence-electron chi connectivity index (χ1n) is 29.2. The highest BCUT2D eigenvalue weighted by molar-refractivity contribution is 5.99. The van der Waals surface area contributed by atoms with Crippen molar-refractivity contribution in [1.82, 2.24) is 58.5 Å². The number of rotatable bonds is 29. The molecule has 1 aromatic carbocycles. The van der Waals surface area contributed by atoms with E-state index in [0.717, 1.165) is 25.7 Å². The molecule has 1 saturated heterocycles. The number of carbonyl (C=O) groups is 11. The average Bonchev–Trinajstić information content (AvgIpc) is 3.44. The fourth-order valence-corrected chi connectivity index (χ4v) is 9.03. The van der Waals surface area contributed by atoms with Gasteiger partial charge in [0.05, 0.1) is 12.2 Å². The molecular formula is C55H96N16O13. The van der Waals surface area contributed by atoms with Crippen LogP contribution in [0.4, 0.5) is 0 Å². The molecule has 2 rings (SSSR count). The molecule has 1 aromatic rings. The van der Waals surface area contributed by atoms with Crippen LogP contribution in [0.3, 0.4) is 0 Å². The largest absolute Gasteiger partial charge is 0.391 e. The van der Waals surface area contributed by atoms with Crippen LogP contribution >= 0.6 is 0 Å². The maximum atomic E-state index is 14.5. The molecular weight excluding hydrogens is 1090 g/mol. The van der Waals surface area contributed by atoms with Gasteiger partial charge in [0, 0.05) is 19.4 Å². The number of hydrogen-bond donors (Lipinski definition) is 18. The van der Waals surface area contributed by atoms with Crippen LogP contribution in [0.1, 0.15) is 124 Å². The first-order valence-corrected chi connectivity index (χ1v) is 29.2. The summed E-state index contributed by atoms with van der Waals surface area (Å²) < 4.78 is 0. The number of aliphatic hydroxyl groups is 2. The first-order chi connectivity index (χ1) is 39.9. The number of hydrogen-bond acceptors (Lipinski definition) is 18. The molecule has 0 aromatic heterocycles. The normalized spacial score (nSPS) is 22.6. The van der Waals surface area contributed by atoms with Crippen molar-refractivity contribution in [3.8, 4) is 0 Å². The molecule has 0 radical (unpaired) electrons. The molecule has 0 saturated carbocycles. The number of unbranched alkanes of at least 4 members (excludes halogenated alkanes) is 4. The van der Waals surface area contributed by atoms with Gasteiger partial charge in [-0.15, -0.1) is 0 Å². The molecule has 474 valence electrons. The van der Waals surface area contributed by atoms with Gasteiger partial charge in [0.2, 0.25) is 65.0 Å². The zero-order valence-electron chi connectivity index (χ0n) is 49.3. The van der Waals surface area contributed by atoms with Crippen LogP contribution < -0.4 is 87.2 Å². The zero-order valence-corrected chi connectivity index (χ0v) is 49.3. The van der Waals surface area contributed by atoms with E-state index in [1.165, 1.54) is 13.8 Å². The van der Waals surface area contributed by atoms with Gasteiger partial charge in [0.15, 0.2) is 0 Å². The van der Waals surface area contributed by atoms with Crippen LogP contribution in [-0.4, -0.2) is 187 Å². The van der Waals surface area contributed by atoms with Gasteiger partial charge in [0.1, 0.15) is 60.4 Å². The predicted octanol–water partition coefficient (Wildman–Crippen LogP) is -5.49. The third-order valence-electron chi connectivity index (χ3n) is 13.7. The molecule has 84 heavy (non-hydrogen) atoms. The van der Waals surface area contributed by atoms with Gasteiger partial charge in [-0.3, -0.25) is 52.7 Å². The molecule has 1 heterocycles. The molecule has 1 fully saturated rings. The van der Waals surface area contributed by atoms with Gasteiger partial charge >= 0.3 is 0 Å². The van der Waals surface area contributed by atoms with Crippen molar-refractivity contribution in [2.75, 3.05) is 39.3 Å². The number of benzene rings is 1. The van der Waals surface area contributed by atoms with Crippen LogP contribution in [0.2, 0.25) is 0 Å². The van der Waals surface area contributed by atoms with E-state index >= 15 is 0 Å². The van der Waals surface area contributed by atoms with E-state index in [1.54, 1.807) is 44.2 Å². The highest BCUT2D eigenvalue weighted by Crippen LogP contribution is 2.12. The summed E-state index contributed by atoms with van der Waals surface area (Å²) in [5, 5.41) is 49.6. The van der Waals surface area contributed by atoms with E-state index in [4.69, 9.17) is 28.7 Å². The number of amides is 11. The minimum Gasteiger partial charge on any atom is -0.391 e. The minimum atomic E-state index is -1.70. The van der Waals surface area contributed by atoms with E-state index in [2.05, 4.69) is 65.4 Å². The maximum Gasteiger partial charge on any atom is 0.245 e. The molecule has 0 unspecified atom stereocenters. The summed E-state index contributed by atoms with van der Waals surface area (Å²) in [6.45, 7) is 6.87. The third-order valence-corrected chi connectivity index (χ3v) is 13.7. The summed E-state index contributed by atoms with van der Waals surface area (Å²) in [6, 6.07) is -6.22. The van der Waals surface area contributed by atoms with Gasteiger partial charge < -0.3 is 97.4 Å². The molecule has 1 aliphatic heterocycles. The SMILES string of the molecule is CCCCCCCC(=O)N[C@@H](CCN)C(=O)N[C@H](C(=O)N[C@@H](CCN)C(=O)N[C@H]1CCNC(=O)[C@@H]([C@@H](C)O)NC(=O)[C@H](CCN)NC(=O)[C@H](CCN)NC(=O)[C@H](CC(C)C)NC(=O)[C@@H](Cc2ccccc2)NC(=O)[C@H](CCN)NC1=O)[C@@H](C)O. The summed E-state index contributed by atoms with van der Waals surface area (Å²) in [5.41, 5.74) is 29.9. The van der Waals surface area contributed by atoms with E-state index in [0.29, 0.717) is 12.0 Å². The summed E-state index contributed by atoms with van der Waals surface area (Å²) in [4.78, 5) is 154. The molecule has 0 bridgehead atoms. The molecule has 29 nitrogen and oxygen atoms in total. The van der Waals surface area contributed by atoms with Crippen molar-refractivity contribution in [2.45, 2.75) is 197 Å². The second-order valence-corrected chi connectivity index (χ2v) is 21.5. The number of nitrogens with two attached hydrogens (primary N) is 5. The second kappa shape index (κ2) is 39.6. The molecule has 29 heteroatoms. The van der Waals surface area contributed by atoms with Gasteiger partial charge in [0.25, 0.3) is 0 Å². The lowest BCUT2D eigenvalue weighted by atomic mass is 10.00. The lowest BCUT2D eigenvalue weighted by Crippen LogP contribution is -2.62. The lowest BCUT2D eigenvalue weighted by molar-refractivity contribution is -0.137. The van der Waals surface area contributed by atoms with Crippen LogP contribution in [-0.2, 0) is 59.2 Å². The number of carbonyl (C=O) groups excluding carboxylic acids is 11. The second-order valence-electron chi connectivity index (χ2n) is 21.5. The minimum absolute atomic E-state index is 0.0143. The number of aliphatic hydroxyl groups excluding tert-OH is 2. The smallest absolute Gasteiger partial charge is 0.245 e. The Labute approximate surface area is 491 Å². The first kappa shape index (κ1) is 73.2. The molecule has 1 aliphatic rings. The van der Waals surface area contributed by atoms with Gasteiger partial charge in [-0.25, -0.2) is 0 Å². The molecule has 12 atom stereocenters. The van der Waals surface area contributed by atoms with E-state index in [1.807, 2.05) is 0 Å². The average molecular weight is 1190 g/mol. The summed E-state index contributed by atoms with van der Waals surface area (Å²) in [5.74, 6) is -9.94. The molecule has 0 spiro atoms. The van der Waals surface area contributed by atoms with Crippen LogP contribution in [0.25, 0.3) is 0 Å². The molecule has 11 amide bonds. The van der Waals surface area contributed by atoms with Gasteiger partial charge in [-0.05, 0) is 109 Å². The Kier molecular flexibility index (Phi) is 34.5. The summed E-state index contributed by atoms with van der Waals surface area (Å²) in [7, 11) is 0. The quantitative estimate of drug-likeness (QED) is 0.0333. The van der Waals surface area contributed by atoms with Crippen LogP contribution in [0, 0.1) is 5.92 Å². The fourth-order valence-electron chi connectivity index (χ4n) is 9.03. The maximum absolute atomic E-state index is 14.5. The molecule has 23 N–H and O–H groups in total. The van der Waals surface area contributed by atoms with Crippen LogP contribution in [0.15, 0.2) is 30.3 Å². The van der Waals surface area contributed by atoms with E-state index in [9.17, 15) is 63.0 Å². The monoisotopic (exact) mass is 1190 g/mol. The van der Waals surface area contributed by atoms with Crippen molar-refractivity contribution in [1.29, 1.82) is 0 Å². The lowest BCUT2D eigenvalue weighted by Gasteiger charge is -2.29. The Morgan fingerprint density at radius 2 is 1.05 bits per heavy atom. The van der Waals surface area contributed by atoms with Gasteiger partial charge in [-0.1, -0.05) is 76.8 Å². The highest BCUT2D eigenvalue weighted by Gasteiger charge is 2.37. The fraction of sp³-hybridized carbons (Fsp3) is 0.691. The van der Waals surface area contributed by atoms with Crippen LogP contribution in [0.5, 0.6) is 0 Å². The van der Waals surface area contributed by atoms with Crippen molar-refractivity contribution in [3.63, 3.8) is 0 Å². The Morgan fingerprint density at radius 3 is 1.56 bits per heavy atom. The van der Waals surface area contributed by atoms with Gasteiger partial charge in [-0.2, -0.15) is 0 Å². The third kappa shape index (κ3) is 26.4. The van der Waals surface area contributed by atoms with Crippen molar-refractivity contribution in [2.24, 2.45) is 34.6 Å². The molecule has 0 aliphatic carbocycles. The predicted molar refractivity (Wildman–Crippen MR) is 312 cm³/mol. The Balaban J connectivity index is 2.68. The summed E-state index contributed by atoms with van der Waals surface area (Å²) >= 11 is 0.